The molecule has 2 N–H and O–H groups in total. The molecule has 2 aliphatic carbocycles. The van der Waals surface area contributed by atoms with Crippen LogP contribution in [-0.4, -0.2) is 36.8 Å². The van der Waals surface area contributed by atoms with Gasteiger partial charge in [0.2, 0.25) is 0 Å². The second-order valence-corrected chi connectivity index (χ2v) is 6.79. The third-order valence-corrected chi connectivity index (χ3v) is 5.48. The molecule has 0 spiro atoms. The first kappa shape index (κ1) is 16.1. The summed E-state index contributed by atoms with van der Waals surface area (Å²) in [6.07, 6.45) is 2.77. The molecule has 0 aromatic rings. The van der Waals surface area contributed by atoms with Crippen LogP contribution >= 0.6 is 0 Å². The van der Waals surface area contributed by atoms with Gasteiger partial charge in [0.25, 0.3) is 0 Å². The van der Waals surface area contributed by atoms with Gasteiger partial charge in [-0.05, 0) is 45.1 Å². The highest BCUT2D eigenvalue weighted by atomic mass is 19.4. The van der Waals surface area contributed by atoms with Gasteiger partial charge < -0.3 is 5.73 Å². The smallest absolute Gasteiger partial charge is 0.329 e. The summed E-state index contributed by atoms with van der Waals surface area (Å²) in [5.41, 5.74) is 5.47. The van der Waals surface area contributed by atoms with Crippen LogP contribution in [0.2, 0.25) is 0 Å². The lowest BCUT2D eigenvalue weighted by molar-refractivity contribution is -0.193. The fourth-order valence-electron chi connectivity index (χ4n) is 4.08. The Bertz CT molecular complexity index is 313. The topological polar surface area (TPSA) is 29.3 Å². The van der Waals surface area contributed by atoms with E-state index in [2.05, 4.69) is 4.90 Å². The molecule has 2 aliphatic rings. The summed E-state index contributed by atoms with van der Waals surface area (Å²) in [6, 6.07) is 0. The van der Waals surface area contributed by atoms with Crippen LogP contribution in [0.25, 0.3) is 0 Å². The van der Waals surface area contributed by atoms with E-state index in [1.54, 1.807) is 0 Å². The van der Waals surface area contributed by atoms with E-state index in [0.717, 1.165) is 13.0 Å². The van der Waals surface area contributed by atoms with Crippen LogP contribution in [0.15, 0.2) is 0 Å². The quantitative estimate of drug-likeness (QED) is 0.858. The van der Waals surface area contributed by atoms with Gasteiger partial charge in [0.15, 0.2) is 0 Å². The van der Waals surface area contributed by atoms with Crippen molar-refractivity contribution in [1.29, 1.82) is 0 Å². The van der Waals surface area contributed by atoms with E-state index in [1.165, 1.54) is 25.7 Å². The van der Waals surface area contributed by atoms with Gasteiger partial charge in [0, 0.05) is 18.6 Å². The van der Waals surface area contributed by atoms with Crippen molar-refractivity contribution in [3.63, 3.8) is 0 Å². The van der Waals surface area contributed by atoms with Crippen LogP contribution in [0.4, 0.5) is 13.2 Å². The van der Waals surface area contributed by atoms with Gasteiger partial charge in [-0.3, -0.25) is 4.90 Å². The zero-order chi connectivity index (χ0) is 14.8. The molecule has 2 rings (SSSR count). The van der Waals surface area contributed by atoms with Crippen LogP contribution < -0.4 is 5.73 Å². The van der Waals surface area contributed by atoms with Gasteiger partial charge in [-0.25, -0.2) is 0 Å². The van der Waals surface area contributed by atoms with E-state index >= 15 is 0 Å². The molecule has 0 aromatic carbocycles. The molecule has 2 nitrogen and oxygen atoms in total. The molecule has 0 aromatic heterocycles. The molecular formula is C15H27F3N2. The highest BCUT2D eigenvalue weighted by Crippen LogP contribution is 2.44. The Balaban J connectivity index is 2.03. The molecule has 118 valence electrons. The van der Waals surface area contributed by atoms with E-state index in [-0.39, 0.29) is 12.8 Å². The highest BCUT2D eigenvalue weighted by molar-refractivity contribution is 4.97. The summed E-state index contributed by atoms with van der Waals surface area (Å²) >= 11 is 0. The number of halogens is 3. The van der Waals surface area contributed by atoms with Crippen LogP contribution in [0, 0.1) is 11.8 Å². The number of nitrogens with two attached hydrogens (primary N) is 1. The van der Waals surface area contributed by atoms with Crippen LogP contribution in [0.3, 0.4) is 0 Å². The van der Waals surface area contributed by atoms with Gasteiger partial charge in [-0.2, -0.15) is 13.2 Å². The van der Waals surface area contributed by atoms with Crippen molar-refractivity contribution in [1.82, 2.24) is 4.90 Å². The summed E-state index contributed by atoms with van der Waals surface area (Å²) in [5, 5.41) is 0. The molecule has 0 aliphatic heterocycles. The van der Waals surface area contributed by atoms with Crippen molar-refractivity contribution in [3.05, 3.63) is 0 Å². The van der Waals surface area contributed by atoms with Gasteiger partial charge >= 0.3 is 6.18 Å². The fraction of sp³-hybridized carbons (Fsp3) is 1.00. The molecule has 20 heavy (non-hydrogen) atoms. The minimum absolute atomic E-state index is 0.177. The average Bonchev–Trinajstić information content (AvgIpc) is 2.90. The van der Waals surface area contributed by atoms with Crippen LogP contribution in [0.1, 0.15) is 51.4 Å². The second kappa shape index (κ2) is 6.22. The largest absolute Gasteiger partial charge is 0.391 e. The zero-order valence-corrected chi connectivity index (χ0v) is 12.4. The Morgan fingerprint density at radius 3 is 2.35 bits per heavy atom. The fourth-order valence-corrected chi connectivity index (χ4v) is 4.08. The number of nitrogens with zero attached hydrogens (tertiary/aromatic N) is 1. The van der Waals surface area contributed by atoms with Gasteiger partial charge in [0.05, 0.1) is 5.92 Å². The summed E-state index contributed by atoms with van der Waals surface area (Å²) in [7, 11) is 1.98. The summed E-state index contributed by atoms with van der Waals surface area (Å²) in [4.78, 5) is 2.15. The lowest BCUT2D eigenvalue weighted by Crippen LogP contribution is -2.57. The number of rotatable bonds is 4. The summed E-state index contributed by atoms with van der Waals surface area (Å²) in [5.74, 6) is -0.527. The van der Waals surface area contributed by atoms with E-state index < -0.39 is 17.6 Å². The van der Waals surface area contributed by atoms with Gasteiger partial charge in [-0.1, -0.05) is 19.3 Å². The molecule has 0 radical (unpaired) electrons. The van der Waals surface area contributed by atoms with Crippen molar-refractivity contribution in [2.45, 2.75) is 63.1 Å². The molecule has 2 fully saturated rings. The Labute approximate surface area is 119 Å². The van der Waals surface area contributed by atoms with Crippen molar-refractivity contribution in [2.24, 2.45) is 17.6 Å². The van der Waals surface area contributed by atoms with Crippen molar-refractivity contribution in [2.75, 3.05) is 20.1 Å². The van der Waals surface area contributed by atoms with E-state index in [9.17, 15) is 13.2 Å². The van der Waals surface area contributed by atoms with Crippen LogP contribution in [0.5, 0.6) is 0 Å². The molecule has 0 amide bonds. The average molecular weight is 292 g/mol. The van der Waals surface area contributed by atoms with Crippen molar-refractivity contribution in [3.8, 4) is 0 Å². The monoisotopic (exact) mass is 292 g/mol. The molecule has 0 saturated heterocycles. The Hall–Kier alpha value is -0.290. The highest BCUT2D eigenvalue weighted by Gasteiger charge is 2.48. The van der Waals surface area contributed by atoms with E-state index in [1.807, 2.05) is 7.05 Å². The second-order valence-electron chi connectivity index (χ2n) is 6.79. The molecule has 0 bridgehead atoms. The van der Waals surface area contributed by atoms with Gasteiger partial charge in [0.1, 0.15) is 0 Å². The minimum atomic E-state index is -4.07. The van der Waals surface area contributed by atoms with Crippen molar-refractivity contribution >= 4 is 0 Å². The first-order valence-corrected chi connectivity index (χ1v) is 7.85. The standard InChI is InChI=1S/C15H27F3N2/c1-20(10-12-5-2-3-6-12)14(11-19)8-4-7-13(9-14)15(16,17)18/h12-13H,2-11,19H2,1H3. The first-order chi connectivity index (χ1) is 9.37. The maximum absolute atomic E-state index is 13.0. The Morgan fingerprint density at radius 2 is 1.80 bits per heavy atom. The van der Waals surface area contributed by atoms with E-state index in [4.69, 9.17) is 5.73 Å². The maximum Gasteiger partial charge on any atom is 0.391 e. The number of hydrogen-bond acceptors (Lipinski definition) is 2. The SMILES string of the molecule is CN(CC1CCCC1)C1(CN)CCCC(C(F)(F)F)C1. The van der Waals surface area contributed by atoms with E-state index in [0.29, 0.717) is 18.9 Å². The normalized spacial score (nSPS) is 33.0. The molecule has 2 unspecified atom stereocenters. The summed E-state index contributed by atoms with van der Waals surface area (Å²) < 4.78 is 39.1. The zero-order valence-electron chi connectivity index (χ0n) is 12.4. The molecule has 2 saturated carbocycles. The first-order valence-electron chi connectivity index (χ1n) is 7.85. The predicted octanol–water partition coefficient (Wildman–Crippen LogP) is 3.56. The minimum Gasteiger partial charge on any atom is -0.329 e. The predicted molar refractivity (Wildman–Crippen MR) is 74.4 cm³/mol. The molecule has 0 heterocycles. The third-order valence-electron chi connectivity index (χ3n) is 5.48. The number of hydrogen-bond donors (Lipinski definition) is 1. The Kier molecular flexibility index (Phi) is 5.00. The molecule has 2 atom stereocenters. The maximum atomic E-state index is 13.0. The van der Waals surface area contributed by atoms with Gasteiger partial charge in [-0.15, -0.1) is 0 Å². The lowest BCUT2D eigenvalue weighted by atomic mass is 9.74. The number of likely N-dealkylation sites (N-methyl/N-ethyl adjacent to an activating group) is 1. The molecular weight excluding hydrogens is 265 g/mol. The Morgan fingerprint density at radius 1 is 1.15 bits per heavy atom. The lowest BCUT2D eigenvalue weighted by Gasteiger charge is -2.47. The number of alkyl halides is 3. The molecule has 5 heteroatoms. The summed E-state index contributed by atoms with van der Waals surface area (Å²) in [6.45, 7) is 1.24. The van der Waals surface area contributed by atoms with Crippen molar-refractivity contribution < 1.29 is 13.2 Å². The van der Waals surface area contributed by atoms with Crippen LogP contribution in [-0.2, 0) is 0 Å². The third kappa shape index (κ3) is 3.48.